The smallest absolute Gasteiger partial charge is 0.404 e. The lowest BCUT2D eigenvalue weighted by molar-refractivity contribution is 0.110. The Morgan fingerprint density at radius 3 is 1.65 bits per heavy atom. The Hall–Kier alpha value is -0.730. The van der Waals surface area contributed by atoms with Gasteiger partial charge in [0.15, 0.2) is 0 Å². The molecule has 0 aromatic carbocycles. The van der Waals surface area contributed by atoms with Gasteiger partial charge >= 0.3 is 6.09 Å². The van der Waals surface area contributed by atoms with E-state index in [2.05, 4.69) is 6.92 Å². The molecule has 2 N–H and O–H groups in total. The van der Waals surface area contributed by atoms with E-state index >= 15 is 0 Å². The van der Waals surface area contributed by atoms with Gasteiger partial charge in [-0.3, -0.25) is 0 Å². The van der Waals surface area contributed by atoms with Crippen LogP contribution in [0.4, 0.5) is 4.79 Å². The Morgan fingerprint density at radius 2 is 1.25 bits per heavy atom. The van der Waals surface area contributed by atoms with E-state index < -0.39 is 6.09 Å². The molecule has 0 aliphatic heterocycles. The van der Waals surface area contributed by atoms with Gasteiger partial charge in [-0.05, 0) is 19.8 Å². The second-order valence-electron chi connectivity index (χ2n) is 5.93. The number of ether oxygens (including phenoxy) is 1. The summed E-state index contributed by atoms with van der Waals surface area (Å²) in [6.07, 6.45) is 16.4. The molecule has 0 saturated heterocycles. The number of nitrogens with two attached hydrogens (primary N) is 1. The van der Waals surface area contributed by atoms with Crippen molar-refractivity contribution >= 4 is 6.09 Å². The molecule has 0 aromatic heterocycles. The number of hydrogen-bond acceptors (Lipinski definition) is 2. The average molecular weight is 285 g/mol. The highest BCUT2D eigenvalue weighted by atomic mass is 16.6. The van der Waals surface area contributed by atoms with E-state index in [0.717, 1.165) is 12.8 Å². The lowest BCUT2D eigenvalue weighted by atomic mass is 10.0. The van der Waals surface area contributed by atoms with Gasteiger partial charge in [0.2, 0.25) is 0 Å². The largest absolute Gasteiger partial charge is 0.447 e. The van der Waals surface area contributed by atoms with Crippen LogP contribution >= 0.6 is 0 Å². The van der Waals surface area contributed by atoms with E-state index in [4.69, 9.17) is 10.5 Å². The Bertz CT molecular complexity index is 219. The van der Waals surface area contributed by atoms with Crippen molar-refractivity contribution in [1.82, 2.24) is 0 Å². The minimum absolute atomic E-state index is 0.0318. The third-order valence-corrected chi connectivity index (χ3v) is 3.78. The number of carbonyl (C=O) groups is 1. The molecule has 0 aromatic rings. The van der Waals surface area contributed by atoms with Gasteiger partial charge in [-0.25, -0.2) is 4.79 Å². The van der Waals surface area contributed by atoms with Crippen LogP contribution in [0.3, 0.4) is 0 Å². The number of primary amides is 1. The van der Waals surface area contributed by atoms with Crippen molar-refractivity contribution in [1.29, 1.82) is 0 Å². The summed E-state index contributed by atoms with van der Waals surface area (Å²) in [4.78, 5) is 10.5. The lowest BCUT2D eigenvalue weighted by Crippen LogP contribution is -2.20. The minimum atomic E-state index is -0.656. The third-order valence-electron chi connectivity index (χ3n) is 3.78. The average Bonchev–Trinajstić information content (AvgIpc) is 2.39. The fourth-order valence-electron chi connectivity index (χ4n) is 2.53. The summed E-state index contributed by atoms with van der Waals surface area (Å²) in [5.74, 6) is 0. The van der Waals surface area contributed by atoms with E-state index in [1.807, 2.05) is 6.92 Å². The van der Waals surface area contributed by atoms with Crippen LogP contribution in [0.1, 0.15) is 97.3 Å². The summed E-state index contributed by atoms with van der Waals surface area (Å²) in [5.41, 5.74) is 4.97. The molecule has 0 saturated carbocycles. The normalized spacial score (nSPS) is 12.3. The van der Waals surface area contributed by atoms with Crippen molar-refractivity contribution in [3.63, 3.8) is 0 Å². The molecule has 0 spiro atoms. The van der Waals surface area contributed by atoms with Gasteiger partial charge in [-0.1, -0.05) is 77.6 Å². The van der Waals surface area contributed by atoms with Crippen LogP contribution in [-0.2, 0) is 4.74 Å². The molecule has 0 aliphatic carbocycles. The summed E-state index contributed by atoms with van der Waals surface area (Å²) in [6.45, 7) is 4.17. The van der Waals surface area contributed by atoms with Crippen LogP contribution in [0.15, 0.2) is 0 Å². The van der Waals surface area contributed by atoms with Crippen LogP contribution in [0, 0.1) is 0 Å². The second-order valence-corrected chi connectivity index (χ2v) is 5.93. The van der Waals surface area contributed by atoms with E-state index in [9.17, 15) is 4.79 Å². The minimum Gasteiger partial charge on any atom is -0.447 e. The third kappa shape index (κ3) is 15.3. The van der Waals surface area contributed by atoms with Crippen LogP contribution in [-0.4, -0.2) is 12.2 Å². The molecular weight excluding hydrogens is 250 g/mol. The molecule has 1 atom stereocenters. The summed E-state index contributed by atoms with van der Waals surface area (Å²) in [5, 5.41) is 0. The number of amides is 1. The molecule has 20 heavy (non-hydrogen) atoms. The van der Waals surface area contributed by atoms with E-state index in [-0.39, 0.29) is 6.10 Å². The molecule has 0 heterocycles. The fourth-order valence-corrected chi connectivity index (χ4v) is 2.53. The van der Waals surface area contributed by atoms with E-state index in [0.29, 0.717) is 0 Å². The highest BCUT2D eigenvalue weighted by molar-refractivity contribution is 5.64. The molecule has 3 nitrogen and oxygen atoms in total. The zero-order valence-corrected chi connectivity index (χ0v) is 13.7. The van der Waals surface area contributed by atoms with E-state index in [1.165, 1.54) is 70.6 Å². The first-order valence-electron chi connectivity index (χ1n) is 8.63. The van der Waals surface area contributed by atoms with Gasteiger partial charge in [0.1, 0.15) is 6.10 Å². The first-order valence-corrected chi connectivity index (χ1v) is 8.63. The Morgan fingerprint density at radius 1 is 0.850 bits per heavy atom. The summed E-state index contributed by atoms with van der Waals surface area (Å²) < 4.78 is 4.89. The topological polar surface area (TPSA) is 52.3 Å². The Balaban J connectivity index is 3.08. The number of unbranched alkanes of at least 4 members (excludes halogenated alkanes) is 11. The van der Waals surface area contributed by atoms with E-state index in [1.54, 1.807) is 0 Å². The molecule has 0 rings (SSSR count). The molecule has 0 bridgehead atoms. The zero-order valence-electron chi connectivity index (χ0n) is 13.7. The van der Waals surface area contributed by atoms with Gasteiger partial charge in [0.05, 0.1) is 0 Å². The lowest BCUT2D eigenvalue weighted by Gasteiger charge is -2.10. The van der Waals surface area contributed by atoms with Crippen molar-refractivity contribution in [3.8, 4) is 0 Å². The molecule has 120 valence electrons. The van der Waals surface area contributed by atoms with Gasteiger partial charge in [-0.2, -0.15) is 0 Å². The maximum absolute atomic E-state index is 10.5. The highest BCUT2D eigenvalue weighted by Gasteiger charge is 2.04. The molecule has 1 amide bonds. The van der Waals surface area contributed by atoms with Crippen molar-refractivity contribution in [2.45, 2.75) is 103 Å². The first kappa shape index (κ1) is 19.3. The van der Waals surface area contributed by atoms with Crippen LogP contribution < -0.4 is 5.73 Å². The predicted octanol–water partition coefficient (Wildman–Crippen LogP) is 5.56. The quantitative estimate of drug-likeness (QED) is 0.425. The maximum Gasteiger partial charge on any atom is 0.404 e. The maximum atomic E-state index is 10.5. The fraction of sp³-hybridized carbons (Fsp3) is 0.941. The monoisotopic (exact) mass is 285 g/mol. The molecule has 0 radical (unpaired) electrons. The number of hydrogen-bond donors (Lipinski definition) is 1. The van der Waals surface area contributed by atoms with Crippen molar-refractivity contribution in [3.05, 3.63) is 0 Å². The van der Waals surface area contributed by atoms with Gasteiger partial charge in [-0.15, -0.1) is 0 Å². The molecule has 1 unspecified atom stereocenters. The SMILES string of the molecule is CCCCCCCCCCCCCCC(C)OC(N)=O. The first-order chi connectivity index (χ1) is 9.66. The van der Waals surface area contributed by atoms with Gasteiger partial charge in [0, 0.05) is 0 Å². The van der Waals surface area contributed by atoms with Crippen LogP contribution in [0.2, 0.25) is 0 Å². The summed E-state index contributed by atoms with van der Waals surface area (Å²) in [7, 11) is 0. The number of carbonyl (C=O) groups excluding carboxylic acids is 1. The second kappa shape index (κ2) is 14.7. The molecular formula is C17H35NO2. The summed E-state index contributed by atoms with van der Waals surface area (Å²) >= 11 is 0. The Labute approximate surface area is 125 Å². The van der Waals surface area contributed by atoms with Crippen molar-refractivity contribution in [2.75, 3.05) is 0 Å². The standard InChI is InChI=1S/C17H35NO2/c1-3-4-5-6-7-8-9-10-11-12-13-14-15-16(2)20-17(18)19/h16H,3-15H2,1-2H3,(H2,18,19). The highest BCUT2D eigenvalue weighted by Crippen LogP contribution is 2.13. The summed E-state index contributed by atoms with van der Waals surface area (Å²) in [6, 6.07) is 0. The van der Waals surface area contributed by atoms with Crippen molar-refractivity contribution < 1.29 is 9.53 Å². The van der Waals surface area contributed by atoms with Crippen molar-refractivity contribution in [2.24, 2.45) is 5.73 Å². The molecule has 0 aliphatic rings. The van der Waals surface area contributed by atoms with Crippen LogP contribution in [0.5, 0.6) is 0 Å². The Kier molecular flexibility index (Phi) is 14.1. The van der Waals surface area contributed by atoms with Gasteiger partial charge in [0.25, 0.3) is 0 Å². The molecule has 0 fully saturated rings. The number of rotatable bonds is 14. The predicted molar refractivity (Wildman–Crippen MR) is 85.8 cm³/mol. The van der Waals surface area contributed by atoms with Crippen LogP contribution in [0.25, 0.3) is 0 Å². The zero-order chi connectivity index (χ0) is 15.1. The van der Waals surface area contributed by atoms with Gasteiger partial charge < -0.3 is 10.5 Å². The molecule has 3 heteroatoms.